The van der Waals surface area contributed by atoms with Gasteiger partial charge in [0.05, 0.1) is 11.9 Å². The molecule has 0 aliphatic heterocycles. The zero-order chi connectivity index (χ0) is 12.6. The largest absolute Gasteiger partial charge is 0.342 e. The SMILES string of the molecule is NCC1(c2ncc(-c3ccc(F)cc3)[nH]2)CCC1. The van der Waals surface area contributed by atoms with Crippen molar-refractivity contribution in [2.45, 2.75) is 24.7 Å². The zero-order valence-corrected chi connectivity index (χ0v) is 10.1. The average Bonchev–Trinajstić information content (AvgIpc) is 2.79. The summed E-state index contributed by atoms with van der Waals surface area (Å²) in [6.45, 7) is 0.628. The third-order valence-electron chi connectivity index (χ3n) is 3.93. The topological polar surface area (TPSA) is 54.7 Å². The molecule has 1 aromatic heterocycles. The van der Waals surface area contributed by atoms with Gasteiger partial charge in [-0.3, -0.25) is 0 Å². The van der Waals surface area contributed by atoms with Crippen LogP contribution in [0.15, 0.2) is 30.5 Å². The number of nitrogens with two attached hydrogens (primary N) is 1. The molecular formula is C14H16FN3. The maximum Gasteiger partial charge on any atom is 0.123 e. The summed E-state index contributed by atoms with van der Waals surface area (Å²) in [6, 6.07) is 6.42. The Kier molecular flexibility index (Phi) is 2.67. The van der Waals surface area contributed by atoms with Crippen molar-refractivity contribution < 1.29 is 4.39 Å². The maximum atomic E-state index is 12.9. The fourth-order valence-corrected chi connectivity index (χ4v) is 2.51. The number of aromatic nitrogens is 2. The molecule has 1 aliphatic carbocycles. The Morgan fingerprint density at radius 1 is 1.28 bits per heavy atom. The first-order chi connectivity index (χ1) is 8.73. The minimum absolute atomic E-state index is 0.0400. The first-order valence-corrected chi connectivity index (χ1v) is 6.25. The van der Waals surface area contributed by atoms with Crippen LogP contribution in [0.3, 0.4) is 0 Å². The van der Waals surface area contributed by atoms with Gasteiger partial charge in [-0.15, -0.1) is 0 Å². The monoisotopic (exact) mass is 245 g/mol. The summed E-state index contributed by atoms with van der Waals surface area (Å²) in [5, 5.41) is 0. The molecule has 1 aliphatic rings. The van der Waals surface area contributed by atoms with Crippen molar-refractivity contribution in [1.82, 2.24) is 9.97 Å². The predicted molar refractivity (Wildman–Crippen MR) is 68.6 cm³/mol. The minimum atomic E-state index is -0.226. The van der Waals surface area contributed by atoms with Crippen LogP contribution in [-0.4, -0.2) is 16.5 Å². The molecule has 3 rings (SSSR count). The molecule has 0 amide bonds. The molecule has 3 N–H and O–H groups in total. The van der Waals surface area contributed by atoms with Crippen molar-refractivity contribution in [3.63, 3.8) is 0 Å². The molecule has 2 aromatic rings. The van der Waals surface area contributed by atoms with Crippen molar-refractivity contribution >= 4 is 0 Å². The van der Waals surface area contributed by atoms with Crippen LogP contribution < -0.4 is 5.73 Å². The van der Waals surface area contributed by atoms with Crippen LogP contribution in [-0.2, 0) is 5.41 Å². The second-order valence-electron chi connectivity index (χ2n) is 4.99. The van der Waals surface area contributed by atoms with Crippen molar-refractivity contribution in [2.24, 2.45) is 5.73 Å². The Morgan fingerprint density at radius 2 is 2.00 bits per heavy atom. The van der Waals surface area contributed by atoms with E-state index in [0.717, 1.165) is 29.9 Å². The number of imidazole rings is 1. The summed E-state index contributed by atoms with van der Waals surface area (Å²) < 4.78 is 12.9. The highest BCUT2D eigenvalue weighted by molar-refractivity contribution is 5.58. The van der Waals surface area contributed by atoms with E-state index in [1.807, 2.05) is 0 Å². The van der Waals surface area contributed by atoms with Gasteiger partial charge in [0.25, 0.3) is 0 Å². The third kappa shape index (κ3) is 1.73. The Morgan fingerprint density at radius 3 is 2.56 bits per heavy atom. The molecule has 1 heterocycles. The number of rotatable bonds is 3. The van der Waals surface area contributed by atoms with Crippen LogP contribution in [0.2, 0.25) is 0 Å². The highest BCUT2D eigenvalue weighted by Crippen LogP contribution is 2.41. The lowest BCUT2D eigenvalue weighted by Crippen LogP contribution is -2.42. The van der Waals surface area contributed by atoms with Gasteiger partial charge in [-0.1, -0.05) is 6.42 Å². The molecule has 1 fully saturated rings. The lowest BCUT2D eigenvalue weighted by atomic mass is 9.68. The van der Waals surface area contributed by atoms with Gasteiger partial charge >= 0.3 is 0 Å². The molecule has 18 heavy (non-hydrogen) atoms. The van der Waals surface area contributed by atoms with E-state index in [9.17, 15) is 4.39 Å². The van der Waals surface area contributed by atoms with E-state index in [1.165, 1.54) is 18.6 Å². The highest BCUT2D eigenvalue weighted by atomic mass is 19.1. The van der Waals surface area contributed by atoms with Gasteiger partial charge in [0.15, 0.2) is 0 Å². The smallest absolute Gasteiger partial charge is 0.123 e. The quantitative estimate of drug-likeness (QED) is 0.873. The van der Waals surface area contributed by atoms with E-state index in [4.69, 9.17) is 5.73 Å². The number of hydrogen-bond acceptors (Lipinski definition) is 2. The molecule has 0 unspecified atom stereocenters. The molecular weight excluding hydrogens is 229 g/mol. The van der Waals surface area contributed by atoms with Crippen LogP contribution in [0.5, 0.6) is 0 Å². The fourth-order valence-electron chi connectivity index (χ4n) is 2.51. The van der Waals surface area contributed by atoms with Gasteiger partial charge in [0.2, 0.25) is 0 Å². The molecule has 0 atom stereocenters. The summed E-state index contributed by atoms with van der Waals surface area (Å²) in [7, 11) is 0. The molecule has 1 aromatic carbocycles. The number of hydrogen-bond donors (Lipinski definition) is 2. The molecule has 94 valence electrons. The second kappa shape index (κ2) is 4.21. The fraction of sp³-hybridized carbons (Fsp3) is 0.357. The summed E-state index contributed by atoms with van der Waals surface area (Å²) in [6.07, 6.45) is 5.21. The second-order valence-corrected chi connectivity index (χ2v) is 4.99. The summed E-state index contributed by atoms with van der Waals surface area (Å²) in [5.41, 5.74) is 7.77. The van der Waals surface area contributed by atoms with E-state index < -0.39 is 0 Å². The maximum absolute atomic E-state index is 12.9. The molecule has 0 saturated heterocycles. The molecule has 0 spiro atoms. The molecule has 1 saturated carbocycles. The lowest BCUT2D eigenvalue weighted by Gasteiger charge is -2.39. The molecule has 4 heteroatoms. The van der Waals surface area contributed by atoms with Crippen LogP contribution in [0.1, 0.15) is 25.1 Å². The van der Waals surface area contributed by atoms with Gasteiger partial charge in [0, 0.05) is 12.0 Å². The van der Waals surface area contributed by atoms with E-state index >= 15 is 0 Å². The summed E-state index contributed by atoms with van der Waals surface area (Å²) in [4.78, 5) is 7.78. The van der Waals surface area contributed by atoms with Crippen molar-refractivity contribution in [1.29, 1.82) is 0 Å². The zero-order valence-electron chi connectivity index (χ0n) is 10.1. The number of nitrogens with one attached hydrogen (secondary N) is 1. The lowest BCUT2D eigenvalue weighted by molar-refractivity contribution is 0.240. The van der Waals surface area contributed by atoms with Crippen LogP contribution in [0.4, 0.5) is 4.39 Å². The van der Waals surface area contributed by atoms with Crippen molar-refractivity contribution in [2.75, 3.05) is 6.54 Å². The first kappa shape index (κ1) is 11.4. The van der Waals surface area contributed by atoms with Crippen molar-refractivity contribution in [3.8, 4) is 11.3 Å². The standard InChI is InChI=1S/C14H16FN3/c15-11-4-2-10(3-5-11)12-8-17-13(18-12)14(9-16)6-1-7-14/h2-5,8H,1,6-7,9,16H2,(H,17,18). The average molecular weight is 245 g/mol. The number of benzene rings is 1. The van der Waals surface area contributed by atoms with E-state index in [2.05, 4.69) is 9.97 Å². The van der Waals surface area contributed by atoms with Gasteiger partial charge in [-0.05, 0) is 42.7 Å². The van der Waals surface area contributed by atoms with E-state index in [0.29, 0.717) is 6.54 Å². The first-order valence-electron chi connectivity index (χ1n) is 6.25. The Bertz CT molecular complexity index is 535. The van der Waals surface area contributed by atoms with Crippen LogP contribution in [0, 0.1) is 5.82 Å². The Balaban J connectivity index is 1.91. The van der Waals surface area contributed by atoms with Crippen LogP contribution in [0.25, 0.3) is 11.3 Å². The van der Waals surface area contributed by atoms with Gasteiger partial charge in [-0.2, -0.15) is 0 Å². The summed E-state index contributed by atoms with van der Waals surface area (Å²) >= 11 is 0. The van der Waals surface area contributed by atoms with Crippen LogP contribution >= 0.6 is 0 Å². The number of halogens is 1. The Labute approximate surface area is 105 Å². The number of H-pyrrole nitrogens is 1. The van der Waals surface area contributed by atoms with E-state index in [1.54, 1.807) is 18.3 Å². The van der Waals surface area contributed by atoms with Gasteiger partial charge in [-0.25, -0.2) is 9.37 Å². The predicted octanol–water partition coefficient (Wildman–Crippen LogP) is 2.60. The normalized spacial score (nSPS) is 17.4. The van der Waals surface area contributed by atoms with E-state index in [-0.39, 0.29) is 11.2 Å². The molecule has 0 radical (unpaired) electrons. The van der Waals surface area contributed by atoms with Gasteiger partial charge in [0.1, 0.15) is 11.6 Å². The minimum Gasteiger partial charge on any atom is -0.342 e. The number of aromatic amines is 1. The van der Waals surface area contributed by atoms with Crippen molar-refractivity contribution in [3.05, 3.63) is 42.1 Å². The van der Waals surface area contributed by atoms with Gasteiger partial charge < -0.3 is 10.7 Å². The highest BCUT2D eigenvalue weighted by Gasteiger charge is 2.39. The Hall–Kier alpha value is -1.68. The summed E-state index contributed by atoms with van der Waals surface area (Å²) in [5.74, 6) is 0.742. The molecule has 3 nitrogen and oxygen atoms in total. The third-order valence-corrected chi connectivity index (χ3v) is 3.93. The number of nitrogens with zero attached hydrogens (tertiary/aromatic N) is 1. The molecule has 0 bridgehead atoms.